The standard InChI is InChI=1S/C20H27N5O2/c1-15-6-8-24(9-7-15)18(26)14-23-10-12-25(13-11-23)20(27)19-16-4-2-3-5-17(16)21-22-19/h2-5,15H,6-14H2,1H3,(H,21,22). The second-order valence-electron chi connectivity index (χ2n) is 7.75. The number of rotatable bonds is 3. The van der Waals surface area contributed by atoms with Gasteiger partial charge in [-0.1, -0.05) is 25.1 Å². The normalized spacial score (nSPS) is 19.6. The first-order valence-corrected chi connectivity index (χ1v) is 9.84. The number of H-pyrrole nitrogens is 1. The van der Waals surface area contributed by atoms with Gasteiger partial charge in [0.1, 0.15) is 0 Å². The molecule has 0 unspecified atom stereocenters. The third-order valence-electron chi connectivity index (χ3n) is 5.83. The lowest BCUT2D eigenvalue weighted by atomic mass is 9.99. The second-order valence-corrected chi connectivity index (χ2v) is 7.75. The van der Waals surface area contributed by atoms with E-state index in [0.717, 1.165) is 55.8 Å². The molecule has 2 aromatic rings. The van der Waals surface area contributed by atoms with Crippen molar-refractivity contribution in [1.82, 2.24) is 24.9 Å². The number of hydrogen-bond acceptors (Lipinski definition) is 4. The molecule has 0 saturated carbocycles. The molecule has 0 atom stereocenters. The number of fused-ring (bicyclic) bond motifs is 1. The number of para-hydroxylation sites is 1. The Bertz CT molecular complexity index is 817. The highest BCUT2D eigenvalue weighted by atomic mass is 16.2. The van der Waals surface area contributed by atoms with Crippen molar-refractivity contribution in [2.75, 3.05) is 45.8 Å². The predicted octanol–water partition coefficient (Wildman–Crippen LogP) is 1.58. The van der Waals surface area contributed by atoms with E-state index in [-0.39, 0.29) is 11.8 Å². The van der Waals surface area contributed by atoms with E-state index in [1.807, 2.05) is 34.1 Å². The molecule has 2 aliphatic heterocycles. The van der Waals surface area contributed by atoms with E-state index in [1.54, 1.807) is 0 Å². The van der Waals surface area contributed by atoms with Crippen LogP contribution in [0, 0.1) is 5.92 Å². The lowest BCUT2D eigenvalue weighted by molar-refractivity contribution is -0.134. The smallest absolute Gasteiger partial charge is 0.275 e. The van der Waals surface area contributed by atoms with Gasteiger partial charge in [-0.05, 0) is 24.8 Å². The maximum atomic E-state index is 12.8. The van der Waals surface area contributed by atoms with Crippen molar-refractivity contribution < 1.29 is 9.59 Å². The Morgan fingerprint density at radius 3 is 2.48 bits per heavy atom. The molecule has 7 nitrogen and oxygen atoms in total. The quantitative estimate of drug-likeness (QED) is 0.892. The summed E-state index contributed by atoms with van der Waals surface area (Å²) in [6.07, 6.45) is 2.21. The lowest BCUT2D eigenvalue weighted by Gasteiger charge is -2.36. The second kappa shape index (κ2) is 7.68. The van der Waals surface area contributed by atoms with Crippen molar-refractivity contribution in [3.63, 3.8) is 0 Å². The van der Waals surface area contributed by atoms with Crippen molar-refractivity contribution in [1.29, 1.82) is 0 Å². The molecule has 0 radical (unpaired) electrons. The Morgan fingerprint density at radius 2 is 1.74 bits per heavy atom. The first-order valence-electron chi connectivity index (χ1n) is 9.84. The number of amides is 2. The van der Waals surface area contributed by atoms with Crippen LogP contribution in [0.1, 0.15) is 30.3 Å². The van der Waals surface area contributed by atoms with Gasteiger partial charge >= 0.3 is 0 Å². The van der Waals surface area contributed by atoms with Crippen LogP contribution in [-0.4, -0.2) is 82.5 Å². The molecule has 7 heteroatoms. The third kappa shape index (κ3) is 3.83. The summed E-state index contributed by atoms with van der Waals surface area (Å²) >= 11 is 0. The van der Waals surface area contributed by atoms with E-state index in [0.29, 0.717) is 25.3 Å². The number of nitrogens with one attached hydrogen (secondary N) is 1. The summed E-state index contributed by atoms with van der Waals surface area (Å²) < 4.78 is 0. The molecule has 0 bridgehead atoms. The van der Waals surface area contributed by atoms with Gasteiger partial charge in [0, 0.05) is 44.7 Å². The van der Waals surface area contributed by atoms with E-state index in [9.17, 15) is 9.59 Å². The predicted molar refractivity (Wildman–Crippen MR) is 103 cm³/mol. The first kappa shape index (κ1) is 18.0. The minimum atomic E-state index is -0.0385. The van der Waals surface area contributed by atoms with Crippen molar-refractivity contribution in [3.8, 4) is 0 Å². The van der Waals surface area contributed by atoms with Crippen LogP contribution in [0.25, 0.3) is 10.9 Å². The van der Waals surface area contributed by atoms with Crippen LogP contribution in [0.15, 0.2) is 24.3 Å². The summed E-state index contributed by atoms with van der Waals surface area (Å²) in [6, 6.07) is 7.68. The van der Waals surface area contributed by atoms with Gasteiger partial charge in [-0.25, -0.2) is 0 Å². The SMILES string of the molecule is CC1CCN(C(=O)CN2CCN(C(=O)c3n[nH]c4ccccc34)CC2)CC1. The molecule has 2 amide bonds. The first-order chi connectivity index (χ1) is 13.1. The molecule has 4 rings (SSSR count). The topological polar surface area (TPSA) is 72.5 Å². The fourth-order valence-corrected chi connectivity index (χ4v) is 3.93. The van der Waals surface area contributed by atoms with Crippen LogP contribution in [0.4, 0.5) is 0 Å². The number of carbonyl (C=O) groups is 2. The molecule has 1 aromatic heterocycles. The molecule has 1 aromatic carbocycles. The molecule has 0 aliphatic carbocycles. The minimum absolute atomic E-state index is 0.0385. The molecule has 144 valence electrons. The molecule has 27 heavy (non-hydrogen) atoms. The van der Waals surface area contributed by atoms with Crippen LogP contribution >= 0.6 is 0 Å². The summed E-state index contributed by atoms with van der Waals surface area (Å²) in [7, 11) is 0. The highest BCUT2D eigenvalue weighted by Crippen LogP contribution is 2.19. The number of piperazine rings is 1. The van der Waals surface area contributed by atoms with Crippen LogP contribution < -0.4 is 0 Å². The zero-order valence-corrected chi connectivity index (χ0v) is 15.9. The molecule has 0 spiro atoms. The number of hydrogen-bond donors (Lipinski definition) is 1. The van der Waals surface area contributed by atoms with Gasteiger partial charge in [0.2, 0.25) is 5.91 Å². The maximum Gasteiger partial charge on any atom is 0.275 e. The molecule has 2 aliphatic rings. The molecule has 3 heterocycles. The minimum Gasteiger partial charge on any atom is -0.342 e. The largest absolute Gasteiger partial charge is 0.342 e. The summed E-state index contributed by atoms with van der Waals surface area (Å²) in [4.78, 5) is 31.3. The van der Waals surface area contributed by atoms with Gasteiger partial charge < -0.3 is 9.80 Å². The van der Waals surface area contributed by atoms with Gasteiger partial charge in [0.15, 0.2) is 5.69 Å². The Labute approximate surface area is 159 Å². The van der Waals surface area contributed by atoms with Crippen LogP contribution in [0.2, 0.25) is 0 Å². The molecule has 1 N–H and O–H groups in total. The highest BCUT2D eigenvalue weighted by molar-refractivity contribution is 6.04. The van der Waals surface area contributed by atoms with Crippen molar-refractivity contribution in [2.45, 2.75) is 19.8 Å². The molecule has 2 fully saturated rings. The zero-order chi connectivity index (χ0) is 18.8. The van der Waals surface area contributed by atoms with E-state index in [1.165, 1.54) is 0 Å². The Morgan fingerprint density at radius 1 is 1.04 bits per heavy atom. The Balaban J connectivity index is 1.31. The number of aromatic nitrogens is 2. The van der Waals surface area contributed by atoms with Crippen molar-refractivity contribution in [2.24, 2.45) is 5.92 Å². The molecule has 2 saturated heterocycles. The van der Waals surface area contributed by atoms with Gasteiger partial charge in [-0.2, -0.15) is 5.10 Å². The van der Waals surface area contributed by atoms with E-state index in [2.05, 4.69) is 22.0 Å². The van der Waals surface area contributed by atoms with E-state index < -0.39 is 0 Å². The van der Waals surface area contributed by atoms with Gasteiger partial charge in [-0.3, -0.25) is 19.6 Å². The van der Waals surface area contributed by atoms with Crippen LogP contribution in [0.5, 0.6) is 0 Å². The lowest BCUT2D eigenvalue weighted by Crippen LogP contribution is -2.52. The molecular weight excluding hydrogens is 342 g/mol. The summed E-state index contributed by atoms with van der Waals surface area (Å²) in [5.41, 5.74) is 1.36. The number of benzene rings is 1. The fraction of sp³-hybridized carbons (Fsp3) is 0.550. The summed E-state index contributed by atoms with van der Waals surface area (Å²) in [5, 5.41) is 8.00. The number of aromatic amines is 1. The zero-order valence-electron chi connectivity index (χ0n) is 15.9. The highest BCUT2D eigenvalue weighted by Gasteiger charge is 2.27. The van der Waals surface area contributed by atoms with Crippen LogP contribution in [-0.2, 0) is 4.79 Å². The van der Waals surface area contributed by atoms with Gasteiger partial charge in [0.05, 0.1) is 12.1 Å². The number of nitrogens with zero attached hydrogens (tertiary/aromatic N) is 4. The fourth-order valence-electron chi connectivity index (χ4n) is 3.93. The summed E-state index contributed by atoms with van der Waals surface area (Å²) in [6.45, 7) is 7.18. The third-order valence-corrected chi connectivity index (χ3v) is 5.83. The van der Waals surface area contributed by atoms with Gasteiger partial charge in [-0.15, -0.1) is 0 Å². The van der Waals surface area contributed by atoms with E-state index in [4.69, 9.17) is 0 Å². The summed E-state index contributed by atoms with van der Waals surface area (Å²) in [5.74, 6) is 0.908. The monoisotopic (exact) mass is 369 g/mol. The average molecular weight is 369 g/mol. The Kier molecular flexibility index (Phi) is 5.11. The number of likely N-dealkylation sites (tertiary alicyclic amines) is 1. The Hall–Kier alpha value is -2.41. The van der Waals surface area contributed by atoms with Crippen LogP contribution in [0.3, 0.4) is 0 Å². The van der Waals surface area contributed by atoms with Crippen molar-refractivity contribution >= 4 is 22.7 Å². The average Bonchev–Trinajstić information content (AvgIpc) is 3.12. The molecular formula is C20H27N5O2. The number of piperidine rings is 1. The number of carbonyl (C=O) groups excluding carboxylic acids is 2. The van der Waals surface area contributed by atoms with E-state index >= 15 is 0 Å². The maximum absolute atomic E-state index is 12.8. The van der Waals surface area contributed by atoms with Crippen molar-refractivity contribution in [3.05, 3.63) is 30.0 Å². The van der Waals surface area contributed by atoms with Gasteiger partial charge in [0.25, 0.3) is 5.91 Å².